The summed E-state index contributed by atoms with van der Waals surface area (Å²) in [7, 11) is 0. The Morgan fingerprint density at radius 1 is 1.03 bits per heavy atom. The third kappa shape index (κ3) is 5.11. The Balaban J connectivity index is 0.00000289. The van der Waals surface area contributed by atoms with Gasteiger partial charge in [0.1, 0.15) is 0 Å². The minimum Gasteiger partial charge on any atom is -0.357 e. The molecule has 2 heterocycles. The highest BCUT2D eigenvalue weighted by Crippen LogP contribution is 2.52. The summed E-state index contributed by atoms with van der Waals surface area (Å²) < 4.78 is 0. The van der Waals surface area contributed by atoms with Gasteiger partial charge in [0.05, 0.1) is 18.4 Å². The second kappa shape index (κ2) is 11.0. The Hall–Kier alpha value is -1.69. The number of fused-ring (bicyclic) bond motifs is 5. The summed E-state index contributed by atoms with van der Waals surface area (Å²) in [6.07, 6.45) is 5.20. The lowest BCUT2D eigenvalue weighted by Gasteiger charge is -2.33. The average molecular weight is 558 g/mol. The number of rotatable bonds is 7. The Morgan fingerprint density at radius 2 is 1.66 bits per heavy atom. The molecule has 0 aromatic carbocycles. The zero-order valence-corrected chi connectivity index (χ0v) is 21.3. The zero-order chi connectivity index (χ0) is 22.0. The van der Waals surface area contributed by atoms with Crippen molar-refractivity contribution in [1.82, 2.24) is 25.3 Å². The second-order valence-electron chi connectivity index (χ2n) is 8.86. The largest absolute Gasteiger partial charge is 0.357 e. The van der Waals surface area contributed by atoms with Crippen molar-refractivity contribution < 1.29 is 14.4 Å². The number of likely N-dealkylation sites (tertiary alicyclic amines) is 1. The quantitative estimate of drug-likeness (QED) is 0.152. The maximum atomic E-state index is 12.8. The molecule has 10 heteroatoms. The first-order valence-electron chi connectivity index (χ1n) is 11.5. The second-order valence-corrected chi connectivity index (χ2v) is 8.86. The lowest BCUT2D eigenvalue weighted by molar-refractivity contribution is -0.140. The van der Waals surface area contributed by atoms with Crippen LogP contribution < -0.4 is 10.6 Å². The summed E-state index contributed by atoms with van der Waals surface area (Å²) in [6.45, 7) is 10.0. The molecule has 2 aliphatic heterocycles. The van der Waals surface area contributed by atoms with Crippen LogP contribution in [-0.2, 0) is 14.4 Å². The van der Waals surface area contributed by atoms with Gasteiger partial charge in [0.15, 0.2) is 5.96 Å². The summed E-state index contributed by atoms with van der Waals surface area (Å²) >= 11 is 0. The summed E-state index contributed by atoms with van der Waals surface area (Å²) in [5.41, 5.74) is 0. The van der Waals surface area contributed by atoms with Gasteiger partial charge in [-0.3, -0.25) is 29.2 Å². The van der Waals surface area contributed by atoms with Crippen molar-refractivity contribution in [2.24, 2.45) is 28.7 Å². The normalized spacial score (nSPS) is 29.4. The molecule has 2 saturated heterocycles. The Bertz CT molecular complexity index is 750. The maximum Gasteiger partial charge on any atom is 0.233 e. The van der Waals surface area contributed by atoms with Crippen molar-refractivity contribution in [3.8, 4) is 0 Å². The average Bonchev–Trinajstić information content (AvgIpc) is 3.44. The summed E-state index contributed by atoms with van der Waals surface area (Å²) in [4.78, 5) is 47.2. The molecule has 2 N–H and O–H groups in total. The molecule has 178 valence electrons. The number of nitrogens with zero attached hydrogens (tertiary/aromatic N) is 4. The van der Waals surface area contributed by atoms with Crippen LogP contribution in [0.1, 0.15) is 20.3 Å². The highest BCUT2D eigenvalue weighted by molar-refractivity contribution is 14.0. The monoisotopic (exact) mass is 558 g/mol. The number of aliphatic imine (C=N–C) groups is 1. The number of halogens is 1. The number of carbonyl (C=O) groups excluding carboxylic acids is 3. The maximum absolute atomic E-state index is 12.8. The van der Waals surface area contributed by atoms with Crippen LogP contribution in [0.25, 0.3) is 0 Å². The molecular formula is C22H35IN6O3. The number of allylic oxidation sites excluding steroid dienone is 2. The van der Waals surface area contributed by atoms with Crippen molar-refractivity contribution in [3.63, 3.8) is 0 Å². The predicted molar refractivity (Wildman–Crippen MR) is 133 cm³/mol. The first-order valence-corrected chi connectivity index (χ1v) is 11.5. The third-order valence-corrected chi connectivity index (χ3v) is 7.04. The molecule has 9 nitrogen and oxygen atoms in total. The van der Waals surface area contributed by atoms with E-state index in [0.29, 0.717) is 25.6 Å². The van der Waals surface area contributed by atoms with E-state index in [1.165, 1.54) is 4.90 Å². The minimum absolute atomic E-state index is 0. The van der Waals surface area contributed by atoms with E-state index in [9.17, 15) is 14.4 Å². The van der Waals surface area contributed by atoms with Crippen LogP contribution in [0.15, 0.2) is 17.1 Å². The number of guanidine groups is 1. The van der Waals surface area contributed by atoms with Crippen LogP contribution in [0, 0.1) is 23.7 Å². The summed E-state index contributed by atoms with van der Waals surface area (Å²) in [5, 5.41) is 6.48. The Kier molecular flexibility index (Phi) is 8.54. The van der Waals surface area contributed by atoms with Crippen LogP contribution in [0.3, 0.4) is 0 Å². The van der Waals surface area contributed by atoms with E-state index < -0.39 is 0 Å². The van der Waals surface area contributed by atoms with Crippen LogP contribution >= 0.6 is 24.0 Å². The van der Waals surface area contributed by atoms with Gasteiger partial charge in [-0.25, -0.2) is 0 Å². The number of hydrogen-bond acceptors (Lipinski definition) is 5. The first kappa shape index (κ1) is 24.9. The van der Waals surface area contributed by atoms with E-state index in [0.717, 1.165) is 45.7 Å². The van der Waals surface area contributed by atoms with Crippen molar-refractivity contribution in [2.75, 3.05) is 58.9 Å². The molecule has 4 unspecified atom stereocenters. The van der Waals surface area contributed by atoms with Crippen molar-refractivity contribution >= 4 is 47.7 Å². The molecule has 3 amide bonds. The number of carbonyl (C=O) groups is 3. The predicted octanol–water partition coefficient (Wildman–Crippen LogP) is 0.131. The minimum atomic E-state index is -0.132. The molecular weight excluding hydrogens is 523 g/mol. The van der Waals surface area contributed by atoms with Crippen LogP contribution in [0.5, 0.6) is 0 Å². The van der Waals surface area contributed by atoms with Crippen LogP contribution in [-0.4, -0.2) is 97.3 Å². The van der Waals surface area contributed by atoms with Gasteiger partial charge in [0.25, 0.3) is 0 Å². The molecule has 2 bridgehead atoms. The van der Waals surface area contributed by atoms with Gasteiger partial charge in [-0.1, -0.05) is 12.2 Å². The number of nitrogens with one attached hydrogen (secondary N) is 2. The van der Waals surface area contributed by atoms with Crippen LogP contribution in [0.4, 0.5) is 0 Å². The summed E-state index contributed by atoms with van der Waals surface area (Å²) in [6, 6.07) is 0. The van der Waals surface area contributed by atoms with Crippen molar-refractivity contribution in [1.29, 1.82) is 0 Å². The highest BCUT2D eigenvalue weighted by Gasteiger charge is 2.58. The number of amides is 3. The molecule has 32 heavy (non-hydrogen) atoms. The van der Waals surface area contributed by atoms with Gasteiger partial charge in [0.2, 0.25) is 17.7 Å². The molecule has 0 aromatic rings. The fraction of sp³-hybridized carbons (Fsp3) is 0.727. The van der Waals surface area contributed by atoms with Crippen LogP contribution in [0.2, 0.25) is 0 Å². The summed E-state index contributed by atoms with van der Waals surface area (Å²) in [5.74, 6) is 1.08. The Morgan fingerprint density at radius 3 is 2.22 bits per heavy atom. The van der Waals surface area contributed by atoms with Gasteiger partial charge >= 0.3 is 0 Å². The van der Waals surface area contributed by atoms with Gasteiger partial charge in [-0.05, 0) is 25.2 Å². The molecule has 1 saturated carbocycles. The topological polar surface area (TPSA) is 97.3 Å². The number of hydrogen-bond donors (Lipinski definition) is 2. The number of piperazine rings is 1. The third-order valence-electron chi connectivity index (χ3n) is 7.04. The molecule has 3 fully saturated rings. The zero-order valence-electron chi connectivity index (χ0n) is 19.0. The molecule has 4 rings (SSSR count). The fourth-order valence-electron chi connectivity index (χ4n) is 5.40. The van der Waals surface area contributed by atoms with Crippen molar-refractivity contribution in [3.05, 3.63) is 12.2 Å². The number of imide groups is 1. The lowest BCUT2D eigenvalue weighted by Crippen LogP contribution is -2.48. The molecule has 4 atom stereocenters. The Labute approximate surface area is 207 Å². The first-order chi connectivity index (χ1) is 15.0. The van der Waals surface area contributed by atoms with E-state index in [1.807, 2.05) is 11.8 Å². The van der Waals surface area contributed by atoms with E-state index in [-0.39, 0.29) is 65.4 Å². The fourth-order valence-corrected chi connectivity index (χ4v) is 5.40. The van der Waals surface area contributed by atoms with E-state index in [1.54, 1.807) is 6.92 Å². The van der Waals surface area contributed by atoms with E-state index in [2.05, 4.69) is 32.7 Å². The van der Waals surface area contributed by atoms with Gasteiger partial charge in [0, 0.05) is 59.3 Å². The highest BCUT2D eigenvalue weighted by atomic mass is 127. The van der Waals surface area contributed by atoms with E-state index >= 15 is 0 Å². The molecule has 0 spiro atoms. The molecule has 0 radical (unpaired) electrons. The SMILES string of the molecule is CCNC(=NCCN1CCN(C(C)=O)CC1)NCCN1C(=O)C2C3C=CC(C3)C2C1=O.I. The molecule has 4 aliphatic rings. The van der Waals surface area contributed by atoms with Gasteiger partial charge in [-0.2, -0.15) is 0 Å². The molecule has 2 aliphatic carbocycles. The van der Waals surface area contributed by atoms with Crippen molar-refractivity contribution in [2.45, 2.75) is 20.3 Å². The standard InChI is InChI=1S/C22H34N6O3.HI/c1-3-23-22(24-6-8-26-10-12-27(13-11-26)15(2)29)25-7-9-28-20(30)18-16-4-5-17(14-16)19(18)21(28)31;/h4-5,16-19H,3,6-14H2,1-2H3,(H2,23,24,25);1H. The lowest BCUT2D eigenvalue weighted by atomic mass is 9.85. The van der Waals surface area contributed by atoms with E-state index in [4.69, 9.17) is 0 Å². The molecule has 0 aromatic heterocycles. The smallest absolute Gasteiger partial charge is 0.233 e. The van der Waals surface area contributed by atoms with Gasteiger partial charge < -0.3 is 15.5 Å². The van der Waals surface area contributed by atoms with Gasteiger partial charge in [-0.15, -0.1) is 24.0 Å².